The fraction of sp³-hybridized carbons (Fsp3) is 0. The van der Waals surface area contributed by atoms with Gasteiger partial charge in [0, 0.05) is 34.5 Å². The largest absolute Gasteiger partial charge is 0.366 e. The molecule has 4 N–H and O–H groups in total. The van der Waals surface area contributed by atoms with Gasteiger partial charge in [-0.05, 0) is 30.3 Å². The highest BCUT2D eigenvalue weighted by molar-refractivity contribution is 6.42. The van der Waals surface area contributed by atoms with Crippen molar-refractivity contribution in [3.63, 3.8) is 0 Å². The Hall–Kier alpha value is -4.02. The predicted molar refractivity (Wildman–Crippen MR) is 123 cm³/mol. The van der Waals surface area contributed by atoms with Crippen LogP contribution in [0.2, 0.25) is 10.0 Å². The number of nitro benzene ring substituents is 1. The zero-order valence-corrected chi connectivity index (χ0v) is 17.9. The van der Waals surface area contributed by atoms with Crippen LogP contribution < -0.4 is 16.6 Å². The van der Waals surface area contributed by atoms with Crippen LogP contribution in [0.5, 0.6) is 0 Å². The van der Waals surface area contributed by atoms with E-state index in [1.54, 1.807) is 6.07 Å². The maximum absolute atomic E-state index is 14.9. The minimum absolute atomic E-state index is 0.00219. The minimum Gasteiger partial charge on any atom is -0.366 e. The van der Waals surface area contributed by atoms with Crippen molar-refractivity contribution in [3.8, 4) is 11.1 Å². The maximum atomic E-state index is 14.9. The fourth-order valence-electron chi connectivity index (χ4n) is 3.19. The lowest BCUT2D eigenvalue weighted by atomic mass is 9.99. The molecular weight excluding hydrogens is 476 g/mol. The van der Waals surface area contributed by atoms with E-state index in [1.165, 1.54) is 24.3 Å². The summed E-state index contributed by atoms with van der Waals surface area (Å²) >= 11 is 11.9. The highest BCUT2D eigenvalue weighted by Gasteiger charge is 2.20. The average molecular weight is 488 g/mol. The molecule has 0 bridgehead atoms. The molecule has 1 aromatic heterocycles. The summed E-state index contributed by atoms with van der Waals surface area (Å²) in [4.78, 5) is 41.6. The zero-order valence-electron chi connectivity index (χ0n) is 16.4. The Kier molecular flexibility index (Phi) is 5.71. The number of halogens is 3. The first-order valence-corrected chi connectivity index (χ1v) is 9.94. The topological polar surface area (TPSA) is 144 Å². The van der Waals surface area contributed by atoms with Crippen LogP contribution in [0.25, 0.3) is 22.0 Å². The maximum Gasteiger partial charge on any atom is 0.271 e. The summed E-state index contributed by atoms with van der Waals surface area (Å²) in [5.41, 5.74) is 4.29. The zero-order chi connectivity index (χ0) is 23.9. The Labute approximate surface area is 194 Å². The minimum atomic E-state index is -0.867. The Morgan fingerprint density at radius 2 is 1.85 bits per heavy atom. The van der Waals surface area contributed by atoms with Gasteiger partial charge < -0.3 is 11.1 Å². The van der Waals surface area contributed by atoms with Gasteiger partial charge in [-0.3, -0.25) is 24.7 Å². The van der Waals surface area contributed by atoms with Crippen molar-refractivity contribution in [1.29, 1.82) is 0 Å². The lowest BCUT2D eigenvalue weighted by Gasteiger charge is -2.11. The van der Waals surface area contributed by atoms with Gasteiger partial charge in [-0.25, -0.2) is 9.37 Å². The van der Waals surface area contributed by atoms with Crippen molar-refractivity contribution in [2.45, 2.75) is 0 Å². The SMILES string of the molecule is NC(=O)c1ccc(-c2cc([N+](=O)[O-])cc3c(=O)[nH]c(Nc4ccc(Cl)c(Cl)c4)nc23)c(F)c1. The second kappa shape index (κ2) is 8.49. The number of hydrogen-bond acceptors (Lipinski definition) is 6. The van der Waals surface area contributed by atoms with Crippen molar-refractivity contribution >= 4 is 57.3 Å². The van der Waals surface area contributed by atoms with Crippen molar-refractivity contribution in [1.82, 2.24) is 9.97 Å². The quantitative estimate of drug-likeness (QED) is 0.272. The number of nitrogens with two attached hydrogens (primary N) is 1. The number of non-ortho nitro benzene ring substituents is 1. The third-order valence-corrected chi connectivity index (χ3v) is 5.47. The summed E-state index contributed by atoms with van der Waals surface area (Å²) in [6, 6.07) is 10.2. The van der Waals surface area contributed by atoms with Gasteiger partial charge in [0.2, 0.25) is 11.9 Å². The number of amides is 1. The van der Waals surface area contributed by atoms with Crippen LogP contribution in [0.1, 0.15) is 10.4 Å². The molecule has 0 aliphatic rings. The Balaban J connectivity index is 1.94. The van der Waals surface area contributed by atoms with Gasteiger partial charge in [-0.1, -0.05) is 29.3 Å². The molecule has 3 aromatic carbocycles. The molecule has 0 aliphatic carbocycles. The number of aromatic nitrogens is 2. The average Bonchev–Trinajstić information content (AvgIpc) is 2.76. The van der Waals surface area contributed by atoms with Crippen LogP contribution >= 0.6 is 23.2 Å². The highest BCUT2D eigenvalue weighted by atomic mass is 35.5. The molecule has 0 radical (unpaired) electrons. The summed E-state index contributed by atoms with van der Waals surface area (Å²) in [6.45, 7) is 0. The lowest BCUT2D eigenvalue weighted by Crippen LogP contribution is -2.13. The molecule has 9 nitrogen and oxygen atoms in total. The smallest absolute Gasteiger partial charge is 0.271 e. The summed E-state index contributed by atoms with van der Waals surface area (Å²) in [5.74, 6) is -1.73. The third kappa shape index (κ3) is 4.34. The monoisotopic (exact) mass is 487 g/mol. The molecule has 0 aliphatic heterocycles. The van der Waals surface area contributed by atoms with E-state index in [0.717, 1.165) is 18.2 Å². The number of nitrogens with one attached hydrogen (secondary N) is 2. The Morgan fingerprint density at radius 3 is 2.48 bits per heavy atom. The van der Waals surface area contributed by atoms with Gasteiger partial charge >= 0.3 is 0 Å². The van der Waals surface area contributed by atoms with Crippen molar-refractivity contribution in [3.05, 3.63) is 90.4 Å². The highest BCUT2D eigenvalue weighted by Crippen LogP contribution is 2.33. The van der Waals surface area contributed by atoms with Gasteiger partial charge in [-0.2, -0.15) is 0 Å². The van der Waals surface area contributed by atoms with Crippen LogP contribution in [-0.2, 0) is 0 Å². The molecule has 0 saturated heterocycles. The van der Waals surface area contributed by atoms with Crippen molar-refractivity contribution in [2.75, 3.05) is 5.32 Å². The summed E-state index contributed by atoms with van der Waals surface area (Å²) in [5, 5.41) is 14.7. The first kappa shape index (κ1) is 22.2. The van der Waals surface area contributed by atoms with Crippen LogP contribution in [0, 0.1) is 15.9 Å². The van der Waals surface area contributed by atoms with Gasteiger partial charge in [0.1, 0.15) is 5.82 Å². The molecule has 1 heterocycles. The molecule has 0 fully saturated rings. The number of anilines is 2. The first-order chi connectivity index (χ1) is 15.6. The van der Waals surface area contributed by atoms with Crippen LogP contribution in [0.4, 0.5) is 21.7 Å². The van der Waals surface area contributed by atoms with Crippen LogP contribution in [0.15, 0.2) is 53.3 Å². The van der Waals surface area contributed by atoms with Gasteiger partial charge in [0.15, 0.2) is 0 Å². The molecule has 33 heavy (non-hydrogen) atoms. The number of primary amides is 1. The number of nitro groups is 1. The summed E-state index contributed by atoms with van der Waals surface area (Å²) < 4.78 is 14.9. The number of carbonyl (C=O) groups is 1. The number of nitrogens with zero attached hydrogens (tertiary/aromatic N) is 2. The van der Waals surface area contributed by atoms with E-state index in [9.17, 15) is 24.1 Å². The molecule has 0 unspecified atom stereocenters. The molecule has 12 heteroatoms. The predicted octanol–water partition coefficient (Wildman–Crippen LogP) is 4.79. The van der Waals surface area contributed by atoms with Crippen molar-refractivity contribution < 1.29 is 14.1 Å². The molecular formula is C21H12Cl2FN5O4. The van der Waals surface area contributed by atoms with Crippen LogP contribution in [0.3, 0.4) is 0 Å². The molecule has 0 spiro atoms. The first-order valence-electron chi connectivity index (χ1n) is 9.18. The number of H-pyrrole nitrogens is 1. The van der Waals surface area contributed by atoms with Gasteiger partial charge in [0.05, 0.1) is 25.9 Å². The molecule has 1 amide bonds. The van der Waals surface area contributed by atoms with Gasteiger partial charge in [-0.15, -0.1) is 0 Å². The molecule has 4 rings (SSSR count). The number of aromatic amines is 1. The number of carbonyl (C=O) groups excluding carboxylic acids is 1. The normalized spacial score (nSPS) is 10.9. The number of fused-ring (bicyclic) bond motifs is 1. The summed E-state index contributed by atoms with van der Waals surface area (Å²) in [7, 11) is 0. The van der Waals surface area contributed by atoms with Crippen LogP contribution in [-0.4, -0.2) is 20.8 Å². The van der Waals surface area contributed by atoms with E-state index in [-0.39, 0.29) is 38.6 Å². The Morgan fingerprint density at radius 1 is 1.09 bits per heavy atom. The second-order valence-corrected chi connectivity index (χ2v) is 7.69. The van der Waals surface area contributed by atoms with E-state index in [0.29, 0.717) is 10.7 Å². The summed E-state index contributed by atoms with van der Waals surface area (Å²) in [6.07, 6.45) is 0. The van der Waals surface area contributed by atoms with Gasteiger partial charge in [0.25, 0.3) is 11.2 Å². The van der Waals surface area contributed by atoms with E-state index in [4.69, 9.17) is 28.9 Å². The van der Waals surface area contributed by atoms with E-state index in [1.807, 2.05) is 0 Å². The number of rotatable bonds is 5. The third-order valence-electron chi connectivity index (χ3n) is 4.73. The molecule has 0 saturated carbocycles. The van der Waals surface area contributed by atoms with E-state index < -0.39 is 27.9 Å². The lowest BCUT2D eigenvalue weighted by molar-refractivity contribution is -0.384. The standard InChI is InChI=1S/C21H12Cl2FN5O4/c22-15-4-2-10(6-16(15)23)26-21-27-18-13(12-3-1-9(19(25)30)5-17(12)24)7-11(29(32)33)8-14(18)20(31)28-21/h1-8H,(H2,25,30)(H2,26,27,28,31). The van der Waals surface area contributed by atoms with Crippen molar-refractivity contribution in [2.24, 2.45) is 5.73 Å². The number of hydrogen-bond donors (Lipinski definition) is 3. The van der Waals surface area contributed by atoms with E-state index >= 15 is 0 Å². The fourth-order valence-corrected chi connectivity index (χ4v) is 3.49. The van der Waals surface area contributed by atoms with E-state index in [2.05, 4.69) is 15.3 Å². The molecule has 4 aromatic rings. The molecule has 166 valence electrons. The Bertz CT molecular complexity index is 1520. The molecule has 0 atom stereocenters. The second-order valence-electron chi connectivity index (χ2n) is 6.87. The number of benzene rings is 3.